The molecule has 104 valence electrons. The summed E-state index contributed by atoms with van der Waals surface area (Å²) < 4.78 is 10.5. The lowest BCUT2D eigenvalue weighted by atomic mass is 10.0. The number of halogens is 1. The minimum atomic E-state index is -0.937. The molecular weight excluding hydrogens is 270 g/mol. The topological polar surface area (TPSA) is 59.0 Å². The third kappa shape index (κ3) is 3.00. The second kappa shape index (κ2) is 6.23. The fourth-order valence-corrected chi connectivity index (χ4v) is 2.53. The maximum atomic E-state index is 11.6. The highest BCUT2D eigenvalue weighted by atomic mass is 35.5. The van der Waals surface area contributed by atoms with Crippen LogP contribution in [0.3, 0.4) is 0 Å². The Morgan fingerprint density at radius 3 is 2.74 bits per heavy atom. The van der Waals surface area contributed by atoms with Gasteiger partial charge in [-0.05, 0) is 12.1 Å². The average molecular weight is 286 g/mol. The number of hydrogen-bond donors (Lipinski definition) is 1. The number of hydrogen-bond acceptors (Lipinski definition) is 4. The number of morpholine rings is 1. The van der Waals surface area contributed by atoms with Crippen molar-refractivity contribution in [3.8, 4) is 5.75 Å². The Kier molecular flexibility index (Phi) is 4.63. The van der Waals surface area contributed by atoms with E-state index in [1.807, 2.05) is 4.90 Å². The van der Waals surface area contributed by atoms with E-state index in [0.29, 0.717) is 42.6 Å². The Balaban J connectivity index is 2.41. The van der Waals surface area contributed by atoms with Crippen LogP contribution in [-0.2, 0) is 9.53 Å². The van der Waals surface area contributed by atoms with E-state index in [4.69, 9.17) is 21.1 Å². The van der Waals surface area contributed by atoms with Crippen molar-refractivity contribution in [3.05, 3.63) is 28.8 Å². The second-order valence-corrected chi connectivity index (χ2v) is 4.65. The van der Waals surface area contributed by atoms with Crippen LogP contribution in [0.5, 0.6) is 5.75 Å². The van der Waals surface area contributed by atoms with Gasteiger partial charge in [0, 0.05) is 23.7 Å². The minimum absolute atomic E-state index is 0.401. The first-order valence-corrected chi connectivity index (χ1v) is 6.40. The van der Waals surface area contributed by atoms with Gasteiger partial charge in [0.25, 0.3) is 0 Å². The second-order valence-electron chi connectivity index (χ2n) is 4.24. The molecule has 1 aromatic carbocycles. The van der Waals surface area contributed by atoms with Gasteiger partial charge < -0.3 is 14.6 Å². The number of carboxylic acid groups (broad SMARTS) is 1. The van der Waals surface area contributed by atoms with E-state index < -0.39 is 12.0 Å². The molecule has 0 aliphatic carbocycles. The van der Waals surface area contributed by atoms with Crippen LogP contribution in [0.15, 0.2) is 18.2 Å². The fraction of sp³-hybridized carbons (Fsp3) is 0.462. The largest absolute Gasteiger partial charge is 0.496 e. The Morgan fingerprint density at radius 2 is 2.16 bits per heavy atom. The molecule has 0 bridgehead atoms. The highest BCUT2D eigenvalue weighted by molar-refractivity contribution is 6.31. The lowest BCUT2D eigenvalue weighted by Gasteiger charge is -2.33. The number of methoxy groups -OCH3 is 1. The summed E-state index contributed by atoms with van der Waals surface area (Å²) in [5.74, 6) is -0.445. The highest BCUT2D eigenvalue weighted by Gasteiger charge is 2.32. The summed E-state index contributed by atoms with van der Waals surface area (Å²) in [5.41, 5.74) is 0.501. The first-order valence-electron chi connectivity index (χ1n) is 6.02. The Labute approximate surface area is 116 Å². The molecule has 1 aliphatic heterocycles. The van der Waals surface area contributed by atoms with Gasteiger partial charge in [0.15, 0.2) is 0 Å². The summed E-state index contributed by atoms with van der Waals surface area (Å²) in [4.78, 5) is 13.5. The molecule has 1 saturated heterocycles. The minimum Gasteiger partial charge on any atom is -0.496 e. The van der Waals surface area contributed by atoms with E-state index >= 15 is 0 Å². The maximum Gasteiger partial charge on any atom is 0.325 e. The molecule has 1 N–H and O–H groups in total. The standard InChI is InChI=1S/C13H16ClNO4/c1-18-10-4-2-3-9(14)11(10)12(13(16)17)15-5-7-19-8-6-15/h2-4,12H,5-8H2,1H3,(H,16,17). The number of rotatable bonds is 4. The van der Waals surface area contributed by atoms with Gasteiger partial charge in [-0.25, -0.2) is 0 Å². The molecule has 1 atom stereocenters. The number of carboxylic acids is 1. The number of carbonyl (C=O) groups is 1. The predicted octanol–water partition coefficient (Wildman–Crippen LogP) is 1.81. The molecule has 19 heavy (non-hydrogen) atoms. The van der Waals surface area contributed by atoms with Gasteiger partial charge in [-0.15, -0.1) is 0 Å². The predicted molar refractivity (Wildman–Crippen MR) is 70.8 cm³/mol. The summed E-state index contributed by atoms with van der Waals surface area (Å²) >= 11 is 6.16. The zero-order valence-electron chi connectivity index (χ0n) is 10.6. The summed E-state index contributed by atoms with van der Waals surface area (Å²) in [6.07, 6.45) is 0. The zero-order valence-corrected chi connectivity index (χ0v) is 11.4. The van der Waals surface area contributed by atoms with Crippen molar-refractivity contribution in [2.24, 2.45) is 0 Å². The summed E-state index contributed by atoms with van der Waals surface area (Å²) in [6, 6.07) is 4.32. The normalized spacial score (nSPS) is 18.0. The molecule has 2 rings (SSSR count). The van der Waals surface area contributed by atoms with Crippen LogP contribution >= 0.6 is 11.6 Å². The third-order valence-electron chi connectivity index (χ3n) is 3.15. The van der Waals surface area contributed by atoms with Gasteiger partial charge in [-0.3, -0.25) is 9.69 Å². The van der Waals surface area contributed by atoms with Gasteiger partial charge in [-0.2, -0.15) is 0 Å². The molecule has 1 aromatic rings. The van der Waals surface area contributed by atoms with E-state index in [1.165, 1.54) is 7.11 Å². The average Bonchev–Trinajstić information content (AvgIpc) is 2.41. The van der Waals surface area contributed by atoms with Crippen molar-refractivity contribution < 1.29 is 19.4 Å². The number of nitrogens with zero attached hydrogens (tertiary/aromatic N) is 1. The van der Waals surface area contributed by atoms with E-state index in [9.17, 15) is 9.90 Å². The fourth-order valence-electron chi connectivity index (χ4n) is 2.26. The molecule has 1 aliphatic rings. The molecule has 1 unspecified atom stereocenters. The van der Waals surface area contributed by atoms with Crippen LogP contribution in [0.2, 0.25) is 5.02 Å². The first-order chi connectivity index (χ1) is 9.15. The van der Waals surface area contributed by atoms with E-state index in [0.717, 1.165) is 0 Å². The smallest absolute Gasteiger partial charge is 0.325 e. The van der Waals surface area contributed by atoms with Gasteiger partial charge in [0.1, 0.15) is 11.8 Å². The molecule has 6 heteroatoms. The quantitative estimate of drug-likeness (QED) is 0.914. The SMILES string of the molecule is COc1cccc(Cl)c1C(C(=O)O)N1CCOCC1. The molecule has 0 aromatic heterocycles. The lowest BCUT2D eigenvalue weighted by Crippen LogP contribution is -2.42. The molecule has 0 radical (unpaired) electrons. The van der Waals surface area contributed by atoms with Crippen LogP contribution in [-0.4, -0.2) is 49.4 Å². The van der Waals surface area contributed by atoms with Crippen molar-refractivity contribution in [3.63, 3.8) is 0 Å². The van der Waals surface area contributed by atoms with Gasteiger partial charge in [0.2, 0.25) is 0 Å². The summed E-state index contributed by atoms with van der Waals surface area (Å²) in [7, 11) is 1.51. The van der Waals surface area contributed by atoms with Crippen molar-refractivity contribution in [2.75, 3.05) is 33.4 Å². The highest BCUT2D eigenvalue weighted by Crippen LogP contribution is 2.35. The van der Waals surface area contributed by atoms with Gasteiger partial charge >= 0.3 is 5.97 Å². The monoisotopic (exact) mass is 285 g/mol. The molecule has 1 heterocycles. The van der Waals surface area contributed by atoms with Crippen LogP contribution in [0.4, 0.5) is 0 Å². The molecule has 0 saturated carbocycles. The Morgan fingerprint density at radius 1 is 1.47 bits per heavy atom. The molecule has 5 nitrogen and oxygen atoms in total. The number of aliphatic carboxylic acids is 1. The first kappa shape index (κ1) is 14.1. The van der Waals surface area contributed by atoms with Crippen molar-refractivity contribution in [1.82, 2.24) is 4.90 Å². The van der Waals surface area contributed by atoms with Crippen LogP contribution in [0.25, 0.3) is 0 Å². The van der Waals surface area contributed by atoms with Crippen molar-refractivity contribution in [2.45, 2.75) is 6.04 Å². The summed E-state index contributed by atoms with van der Waals surface area (Å²) in [5, 5.41) is 9.93. The lowest BCUT2D eigenvalue weighted by molar-refractivity contribution is -0.145. The zero-order chi connectivity index (χ0) is 13.8. The van der Waals surface area contributed by atoms with Crippen molar-refractivity contribution in [1.29, 1.82) is 0 Å². The molecule has 1 fully saturated rings. The van der Waals surface area contributed by atoms with E-state index in [1.54, 1.807) is 18.2 Å². The Bertz CT molecular complexity index is 460. The summed E-state index contributed by atoms with van der Waals surface area (Å²) in [6.45, 7) is 2.17. The Hall–Kier alpha value is -1.30. The van der Waals surface area contributed by atoms with Crippen LogP contribution < -0.4 is 4.74 Å². The maximum absolute atomic E-state index is 11.6. The van der Waals surface area contributed by atoms with E-state index in [2.05, 4.69) is 0 Å². The van der Waals surface area contributed by atoms with Gasteiger partial charge in [0.05, 0.1) is 20.3 Å². The van der Waals surface area contributed by atoms with Crippen molar-refractivity contribution >= 4 is 17.6 Å². The van der Waals surface area contributed by atoms with Gasteiger partial charge in [-0.1, -0.05) is 17.7 Å². The third-order valence-corrected chi connectivity index (χ3v) is 3.48. The number of ether oxygens (including phenoxy) is 2. The van der Waals surface area contributed by atoms with Crippen LogP contribution in [0.1, 0.15) is 11.6 Å². The van der Waals surface area contributed by atoms with E-state index in [-0.39, 0.29) is 0 Å². The molecular formula is C13H16ClNO4. The number of benzene rings is 1. The molecule has 0 spiro atoms. The van der Waals surface area contributed by atoms with Crippen LogP contribution in [0, 0.1) is 0 Å². The molecule has 0 amide bonds.